The number of hydrogen-bond donors (Lipinski definition) is 0. The lowest BCUT2D eigenvalue weighted by molar-refractivity contribution is -0.385. The molecule has 0 spiro atoms. The van der Waals surface area contributed by atoms with Crippen LogP contribution in [0.15, 0.2) is 109 Å². The first-order chi connectivity index (χ1) is 23.3. The molecule has 2 aromatic heterocycles. The fourth-order valence-corrected chi connectivity index (χ4v) is 4.82. The van der Waals surface area contributed by atoms with Crippen LogP contribution >= 0.6 is 0 Å². The number of hydrogen-bond acceptors (Lipinski definition) is 12. The lowest BCUT2D eigenvalue weighted by Gasteiger charge is -2.11. The molecule has 0 unspecified atom stereocenters. The van der Waals surface area contributed by atoms with Crippen LogP contribution in [0.2, 0.25) is 0 Å². The lowest BCUT2D eigenvalue weighted by atomic mass is 10.1. The van der Waals surface area contributed by atoms with Crippen molar-refractivity contribution in [3.8, 4) is 22.8 Å². The van der Waals surface area contributed by atoms with E-state index in [2.05, 4.69) is 20.6 Å². The minimum absolute atomic E-state index is 0.105. The summed E-state index contributed by atoms with van der Waals surface area (Å²) in [6.07, 6.45) is 0. The van der Waals surface area contributed by atoms with E-state index in [1.165, 1.54) is 57.9 Å². The molecule has 48 heavy (non-hydrogen) atoms. The average molecular weight is 647 g/mol. The third-order valence-electron chi connectivity index (χ3n) is 7.07. The van der Waals surface area contributed by atoms with Gasteiger partial charge in [-0.3, -0.25) is 20.2 Å². The molecule has 238 valence electrons. The molecule has 2 heterocycles. The molecule has 0 amide bonds. The minimum Gasteiger partial charge on any atom is -0.455 e. The fourth-order valence-electron chi connectivity index (χ4n) is 4.82. The molecule has 4 aromatic carbocycles. The molecule has 0 atom stereocenters. The lowest BCUT2D eigenvalue weighted by Crippen LogP contribution is -2.12. The summed E-state index contributed by atoms with van der Waals surface area (Å²) in [4.78, 5) is 47.9. The van der Waals surface area contributed by atoms with Gasteiger partial charge in [0.15, 0.2) is 0 Å². The van der Waals surface area contributed by atoms with E-state index in [0.717, 1.165) is 0 Å². The highest BCUT2D eigenvalue weighted by Gasteiger charge is 2.28. The number of carbonyl (C=O) groups excluding carboxylic acids is 2. The molecule has 0 saturated heterocycles. The Bertz CT molecular complexity index is 1990. The van der Waals surface area contributed by atoms with Gasteiger partial charge in [0.25, 0.3) is 11.4 Å². The summed E-state index contributed by atoms with van der Waals surface area (Å²) in [5.74, 6) is -1.92. The van der Waals surface area contributed by atoms with E-state index in [0.29, 0.717) is 11.4 Å². The smallest absolute Gasteiger partial charge is 0.345 e. The molecule has 0 radical (unpaired) electrons. The number of nitro benzene ring substituents is 2. The predicted octanol–water partition coefficient (Wildman–Crippen LogP) is 5.05. The van der Waals surface area contributed by atoms with Gasteiger partial charge in [-0.15, -0.1) is 10.2 Å². The van der Waals surface area contributed by atoms with Crippen molar-refractivity contribution < 1.29 is 28.9 Å². The van der Waals surface area contributed by atoms with Gasteiger partial charge in [-0.25, -0.2) is 19.0 Å². The van der Waals surface area contributed by atoms with Crippen molar-refractivity contribution in [3.05, 3.63) is 152 Å². The van der Waals surface area contributed by atoms with Crippen LogP contribution in [0, 0.1) is 20.2 Å². The molecule has 6 rings (SSSR count). The second-order valence-electron chi connectivity index (χ2n) is 9.96. The summed E-state index contributed by atoms with van der Waals surface area (Å²) in [6.45, 7) is -0.897. The Labute approximate surface area is 270 Å². The van der Waals surface area contributed by atoms with E-state index < -0.39 is 46.4 Å². The first-order valence-corrected chi connectivity index (χ1v) is 14.1. The first kappa shape index (κ1) is 30.9. The molecule has 0 saturated carbocycles. The standard InChI is InChI=1S/C32H22N8O8/c41-31(23-15-7-9-17-25(23)39(43)44)47-19-27-29(33-35-37(27)21-11-3-1-4-12-21)30-28(38(36-34-30)22-13-5-2-6-14-22)20-48-32(42)24-16-8-10-18-26(24)40(45)46/h1-18H,19-20H2. The molecular formula is C32H22N8O8. The fraction of sp³-hybridized carbons (Fsp3) is 0.0625. The van der Waals surface area contributed by atoms with E-state index in [1.807, 2.05) is 0 Å². The second kappa shape index (κ2) is 13.5. The third-order valence-corrected chi connectivity index (χ3v) is 7.07. The van der Waals surface area contributed by atoms with Crippen molar-refractivity contribution in [2.24, 2.45) is 0 Å². The summed E-state index contributed by atoms with van der Waals surface area (Å²) >= 11 is 0. The number of aromatic nitrogens is 6. The van der Waals surface area contributed by atoms with Crippen molar-refractivity contribution in [2.45, 2.75) is 13.2 Å². The predicted molar refractivity (Wildman–Crippen MR) is 166 cm³/mol. The van der Waals surface area contributed by atoms with Gasteiger partial charge < -0.3 is 9.47 Å². The molecule has 0 aliphatic heterocycles. The summed E-state index contributed by atoms with van der Waals surface area (Å²) in [5.41, 5.74) is 0.402. The Balaban J connectivity index is 1.41. The maximum absolute atomic E-state index is 13.1. The number of rotatable bonds is 11. The van der Waals surface area contributed by atoms with Crippen LogP contribution in [0.25, 0.3) is 22.8 Å². The number of benzene rings is 4. The van der Waals surface area contributed by atoms with Gasteiger partial charge in [-0.05, 0) is 36.4 Å². The van der Waals surface area contributed by atoms with Gasteiger partial charge >= 0.3 is 11.9 Å². The second-order valence-corrected chi connectivity index (χ2v) is 9.96. The molecular weight excluding hydrogens is 624 g/mol. The van der Waals surface area contributed by atoms with Gasteiger partial charge in [0.1, 0.15) is 47.1 Å². The van der Waals surface area contributed by atoms with Crippen LogP contribution in [0.5, 0.6) is 0 Å². The Kier molecular flexibility index (Phi) is 8.69. The number of para-hydroxylation sites is 4. The SMILES string of the molecule is O=C(OCc1c(-c2nnn(-c3ccccc3)c2COC(=O)c2ccccc2[N+](=O)[O-])nnn1-c1ccccc1)c1ccccc1[N+](=O)[O-]. The van der Waals surface area contributed by atoms with Crippen molar-refractivity contribution in [1.82, 2.24) is 30.0 Å². The van der Waals surface area contributed by atoms with Crippen LogP contribution in [-0.4, -0.2) is 51.8 Å². The quantitative estimate of drug-likeness (QED) is 0.103. The molecule has 0 fully saturated rings. The van der Waals surface area contributed by atoms with Crippen molar-refractivity contribution in [2.75, 3.05) is 0 Å². The highest BCUT2D eigenvalue weighted by atomic mass is 16.6. The zero-order valence-corrected chi connectivity index (χ0v) is 24.7. The van der Waals surface area contributed by atoms with Crippen LogP contribution in [0.3, 0.4) is 0 Å². The molecule has 0 aliphatic rings. The highest BCUT2D eigenvalue weighted by molar-refractivity contribution is 5.94. The minimum atomic E-state index is -0.958. The maximum atomic E-state index is 13.1. The Morgan fingerprint density at radius 3 is 1.29 bits per heavy atom. The largest absolute Gasteiger partial charge is 0.455 e. The van der Waals surface area contributed by atoms with Crippen LogP contribution < -0.4 is 0 Å². The van der Waals surface area contributed by atoms with Crippen molar-refractivity contribution in [3.63, 3.8) is 0 Å². The molecule has 16 nitrogen and oxygen atoms in total. The number of nitro groups is 2. The van der Waals surface area contributed by atoms with Crippen molar-refractivity contribution >= 4 is 23.3 Å². The van der Waals surface area contributed by atoms with Gasteiger partial charge in [0.2, 0.25) is 0 Å². The normalized spacial score (nSPS) is 10.8. The average Bonchev–Trinajstić information content (AvgIpc) is 3.74. The Morgan fingerprint density at radius 1 is 0.562 bits per heavy atom. The monoisotopic (exact) mass is 646 g/mol. The zero-order valence-electron chi connectivity index (χ0n) is 24.7. The van der Waals surface area contributed by atoms with Crippen LogP contribution in [-0.2, 0) is 22.7 Å². The summed E-state index contributed by atoms with van der Waals surface area (Å²) in [6, 6.07) is 28.4. The topological polar surface area (TPSA) is 200 Å². The van der Waals surface area contributed by atoms with E-state index in [9.17, 15) is 29.8 Å². The highest BCUT2D eigenvalue weighted by Crippen LogP contribution is 2.29. The van der Waals surface area contributed by atoms with Gasteiger partial charge in [0.05, 0.1) is 21.2 Å². The van der Waals surface area contributed by atoms with Gasteiger partial charge in [-0.2, -0.15) is 0 Å². The van der Waals surface area contributed by atoms with Gasteiger partial charge in [-0.1, -0.05) is 71.1 Å². The van der Waals surface area contributed by atoms with E-state index in [4.69, 9.17) is 9.47 Å². The molecule has 0 aliphatic carbocycles. The summed E-state index contributed by atoms with van der Waals surface area (Å²) in [5, 5.41) is 40.2. The summed E-state index contributed by atoms with van der Waals surface area (Å²) in [7, 11) is 0. The van der Waals surface area contributed by atoms with E-state index in [1.54, 1.807) is 60.7 Å². The molecule has 16 heteroatoms. The molecule has 0 bridgehead atoms. The Hall–Kier alpha value is -7.10. The van der Waals surface area contributed by atoms with Crippen LogP contribution in [0.4, 0.5) is 11.4 Å². The van der Waals surface area contributed by atoms with Gasteiger partial charge in [0, 0.05) is 12.1 Å². The molecule has 0 N–H and O–H groups in total. The third kappa shape index (κ3) is 6.20. The van der Waals surface area contributed by atoms with E-state index in [-0.39, 0.29) is 33.9 Å². The zero-order chi connectivity index (χ0) is 33.6. The number of ether oxygens (including phenoxy) is 2. The van der Waals surface area contributed by atoms with Crippen molar-refractivity contribution in [1.29, 1.82) is 0 Å². The molecule has 6 aromatic rings. The maximum Gasteiger partial charge on any atom is 0.345 e. The first-order valence-electron chi connectivity index (χ1n) is 14.1. The van der Waals surface area contributed by atoms with E-state index >= 15 is 0 Å². The summed E-state index contributed by atoms with van der Waals surface area (Å²) < 4.78 is 13.9. The van der Waals surface area contributed by atoms with Crippen LogP contribution in [0.1, 0.15) is 32.1 Å². The number of esters is 2. The Morgan fingerprint density at radius 2 is 0.917 bits per heavy atom. The number of carbonyl (C=O) groups is 2. The number of nitrogens with zero attached hydrogens (tertiary/aromatic N) is 8.